The van der Waals surface area contributed by atoms with Gasteiger partial charge >= 0.3 is 5.97 Å². The Morgan fingerprint density at radius 1 is 1.48 bits per heavy atom. The van der Waals surface area contributed by atoms with E-state index in [0.29, 0.717) is 10.9 Å². The minimum absolute atomic E-state index is 0.228. The van der Waals surface area contributed by atoms with Crippen molar-refractivity contribution in [2.45, 2.75) is 18.6 Å². The number of aliphatic carboxylic acids is 1. The van der Waals surface area contributed by atoms with Gasteiger partial charge in [0.1, 0.15) is 5.25 Å². The number of amides is 1. The molecule has 110 valence electrons. The highest BCUT2D eigenvalue weighted by atomic mass is 32.2. The Balaban J connectivity index is 1.95. The topological polar surface area (TPSA) is 90.8 Å². The van der Waals surface area contributed by atoms with E-state index in [1.165, 1.54) is 0 Å². The molecule has 0 spiro atoms. The molecular weight excluding hydrogens is 290 g/mol. The van der Waals surface area contributed by atoms with Gasteiger partial charge in [0.15, 0.2) is 5.17 Å². The molecule has 0 bridgehead atoms. The van der Waals surface area contributed by atoms with Gasteiger partial charge in [-0.3, -0.25) is 15.0 Å². The molecule has 21 heavy (non-hydrogen) atoms. The molecule has 3 N–H and O–H groups in total. The van der Waals surface area contributed by atoms with Gasteiger partial charge in [-0.2, -0.15) is 0 Å². The minimum atomic E-state index is -1.01. The number of nitrogens with zero attached hydrogens (tertiary/aromatic N) is 1. The SMILES string of the molecule is C=C(N/N=C1/NC(=O)C(CC(=O)O)S1)c1ccc(C)cc1. The van der Waals surface area contributed by atoms with Crippen LogP contribution in [0.5, 0.6) is 0 Å². The molecule has 0 aromatic heterocycles. The fourth-order valence-electron chi connectivity index (χ4n) is 1.69. The molecule has 1 heterocycles. The van der Waals surface area contributed by atoms with Crippen LogP contribution in [0.25, 0.3) is 5.70 Å². The lowest BCUT2D eigenvalue weighted by molar-refractivity contribution is -0.138. The van der Waals surface area contributed by atoms with E-state index in [1.807, 2.05) is 31.2 Å². The maximum Gasteiger partial charge on any atom is 0.305 e. The summed E-state index contributed by atoms with van der Waals surface area (Å²) in [6, 6.07) is 7.76. The highest BCUT2D eigenvalue weighted by Crippen LogP contribution is 2.22. The first kappa shape index (κ1) is 15.1. The number of nitrogens with one attached hydrogen (secondary N) is 2. The average molecular weight is 305 g/mol. The smallest absolute Gasteiger partial charge is 0.305 e. The lowest BCUT2D eigenvalue weighted by Crippen LogP contribution is -2.27. The first-order chi connectivity index (χ1) is 9.95. The molecule has 0 radical (unpaired) electrons. The van der Waals surface area contributed by atoms with Crippen LogP contribution in [0, 0.1) is 6.92 Å². The fourth-order valence-corrected chi connectivity index (χ4v) is 2.61. The maximum absolute atomic E-state index is 11.5. The number of carbonyl (C=O) groups is 2. The van der Waals surface area contributed by atoms with Gasteiger partial charge in [-0.25, -0.2) is 0 Å². The van der Waals surface area contributed by atoms with Crippen molar-refractivity contribution in [3.05, 3.63) is 42.0 Å². The molecule has 2 rings (SSSR count). The average Bonchev–Trinajstić information content (AvgIpc) is 2.77. The van der Waals surface area contributed by atoms with Crippen LogP contribution >= 0.6 is 11.8 Å². The first-order valence-electron chi connectivity index (χ1n) is 6.24. The molecule has 6 nitrogen and oxygen atoms in total. The zero-order valence-electron chi connectivity index (χ0n) is 11.4. The van der Waals surface area contributed by atoms with Crippen molar-refractivity contribution in [3.63, 3.8) is 0 Å². The Hall–Kier alpha value is -2.28. The number of benzene rings is 1. The summed E-state index contributed by atoms with van der Waals surface area (Å²) in [5.41, 5.74) is 5.40. The quantitative estimate of drug-likeness (QED) is 0.718. The van der Waals surface area contributed by atoms with E-state index in [2.05, 4.69) is 22.4 Å². The van der Waals surface area contributed by atoms with Gasteiger partial charge in [0, 0.05) is 0 Å². The molecule has 1 amide bonds. The Morgan fingerprint density at radius 3 is 2.76 bits per heavy atom. The molecule has 1 saturated heterocycles. The third kappa shape index (κ3) is 4.09. The van der Waals surface area contributed by atoms with Crippen molar-refractivity contribution in [1.29, 1.82) is 0 Å². The minimum Gasteiger partial charge on any atom is -0.481 e. The summed E-state index contributed by atoms with van der Waals surface area (Å²) >= 11 is 1.09. The maximum atomic E-state index is 11.5. The van der Waals surface area contributed by atoms with Crippen molar-refractivity contribution in [2.24, 2.45) is 5.10 Å². The second kappa shape index (κ2) is 6.45. The second-order valence-corrected chi connectivity index (χ2v) is 5.76. The van der Waals surface area contributed by atoms with Gasteiger partial charge in [0.05, 0.1) is 12.1 Å². The van der Waals surface area contributed by atoms with E-state index in [9.17, 15) is 9.59 Å². The first-order valence-corrected chi connectivity index (χ1v) is 7.12. The monoisotopic (exact) mass is 305 g/mol. The van der Waals surface area contributed by atoms with Crippen LogP contribution in [0.1, 0.15) is 17.5 Å². The van der Waals surface area contributed by atoms with E-state index in [1.54, 1.807) is 0 Å². The Labute approximate surface area is 126 Å². The van der Waals surface area contributed by atoms with Crippen LogP contribution in [0.4, 0.5) is 0 Å². The summed E-state index contributed by atoms with van der Waals surface area (Å²) in [5.74, 6) is -1.36. The molecule has 0 saturated carbocycles. The lowest BCUT2D eigenvalue weighted by Gasteiger charge is -2.06. The van der Waals surface area contributed by atoms with Gasteiger partial charge in [-0.05, 0) is 12.5 Å². The van der Waals surface area contributed by atoms with Crippen molar-refractivity contribution in [2.75, 3.05) is 0 Å². The number of carboxylic acid groups (broad SMARTS) is 1. The van der Waals surface area contributed by atoms with Crippen molar-refractivity contribution in [3.8, 4) is 0 Å². The van der Waals surface area contributed by atoms with Crippen LogP contribution < -0.4 is 10.7 Å². The van der Waals surface area contributed by atoms with E-state index in [4.69, 9.17) is 5.11 Å². The zero-order chi connectivity index (χ0) is 15.4. The Bertz CT molecular complexity index is 610. The van der Waals surface area contributed by atoms with Crippen LogP contribution in [0.2, 0.25) is 0 Å². The zero-order valence-corrected chi connectivity index (χ0v) is 12.2. The fraction of sp³-hybridized carbons (Fsp3) is 0.214. The molecule has 1 fully saturated rings. The van der Waals surface area contributed by atoms with Gasteiger partial charge < -0.3 is 10.4 Å². The normalized spacial score (nSPS) is 19.4. The van der Waals surface area contributed by atoms with Crippen LogP contribution in [-0.4, -0.2) is 27.4 Å². The van der Waals surface area contributed by atoms with Crippen molar-refractivity contribution in [1.82, 2.24) is 10.7 Å². The van der Waals surface area contributed by atoms with E-state index in [0.717, 1.165) is 22.9 Å². The summed E-state index contributed by atoms with van der Waals surface area (Å²) in [5, 5.41) is 15.0. The predicted molar refractivity (Wildman–Crippen MR) is 82.6 cm³/mol. The number of carboxylic acids is 1. The van der Waals surface area contributed by atoms with Crippen LogP contribution in [0.3, 0.4) is 0 Å². The second-order valence-electron chi connectivity index (χ2n) is 4.57. The Morgan fingerprint density at radius 2 is 2.14 bits per heavy atom. The molecular formula is C14H15N3O3S. The predicted octanol–water partition coefficient (Wildman–Crippen LogP) is 1.53. The lowest BCUT2D eigenvalue weighted by atomic mass is 10.1. The standard InChI is InChI=1S/C14H15N3O3S/c1-8-3-5-10(6-4-8)9(2)16-17-14-15-13(20)11(21-14)7-12(18)19/h3-6,11,16H,2,7H2,1H3,(H,18,19)(H,15,17,20). The highest BCUT2D eigenvalue weighted by molar-refractivity contribution is 8.15. The number of carbonyl (C=O) groups excluding carboxylic acids is 1. The molecule has 1 aromatic carbocycles. The van der Waals surface area contributed by atoms with E-state index < -0.39 is 11.2 Å². The van der Waals surface area contributed by atoms with Gasteiger partial charge in [0.25, 0.3) is 0 Å². The van der Waals surface area contributed by atoms with Crippen molar-refractivity contribution < 1.29 is 14.7 Å². The third-order valence-electron chi connectivity index (χ3n) is 2.83. The molecule has 1 aromatic rings. The number of thioether (sulfide) groups is 1. The molecule has 1 aliphatic rings. The number of hydrazone groups is 1. The summed E-state index contributed by atoms with van der Waals surface area (Å²) in [6.07, 6.45) is -0.228. The summed E-state index contributed by atoms with van der Waals surface area (Å²) in [4.78, 5) is 22.2. The number of rotatable bonds is 5. The molecule has 7 heteroatoms. The van der Waals surface area contributed by atoms with Gasteiger partial charge in [0.2, 0.25) is 5.91 Å². The van der Waals surface area contributed by atoms with Crippen molar-refractivity contribution >= 4 is 34.5 Å². The molecule has 1 unspecified atom stereocenters. The van der Waals surface area contributed by atoms with Gasteiger partial charge in [-0.15, -0.1) is 5.10 Å². The third-order valence-corrected chi connectivity index (χ3v) is 3.91. The highest BCUT2D eigenvalue weighted by Gasteiger charge is 2.32. The number of aryl methyl sites for hydroxylation is 1. The number of hydrogen-bond donors (Lipinski definition) is 3. The van der Waals surface area contributed by atoms with E-state index in [-0.39, 0.29) is 12.3 Å². The Kier molecular flexibility index (Phi) is 4.64. The van der Waals surface area contributed by atoms with Crippen LogP contribution in [0.15, 0.2) is 35.9 Å². The van der Waals surface area contributed by atoms with Gasteiger partial charge in [-0.1, -0.05) is 48.2 Å². The van der Waals surface area contributed by atoms with E-state index >= 15 is 0 Å². The number of amidine groups is 1. The molecule has 1 atom stereocenters. The summed E-state index contributed by atoms with van der Waals surface area (Å²) < 4.78 is 0. The number of hydrogen-bond acceptors (Lipinski definition) is 5. The summed E-state index contributed by atoms with van der Waals surface area (Å²) in [6.45, 7) is 5.86. The molecule has 1 aliphatic heterocycles. The molecule has 0 aliphatic carbocycles. The van der Waals surface area contributed by atoms with Crippen LogP contribution in [-0.2, 0) is 9.59 Å². The summed E-state index contributed by atoms with van der Waals surface area (Å²) in [7, 11) is 0. The largest absolute Gasteiger partial charge is 0.481 e.